The lowest BCUT2D eigenvalue weighted by atomic mass is 10.1. The van der Waals surface area contributed by atoms with E-state index in [0.717, 1.165) is 6.07 Å². The molecule has 0 spiro atoms. The van der Waals surface area contributed by atoms with E-state index in [-0.39, 0.29) is 46.7 Å². The van der Waals surface area contributed by atoms with Crippen molar-refractivity contribution in [3.8, 4) is 0 Å². The standard InChI is InChI=1S/C19H22N4O6S/c1-13(2)21-18(24)10-11-20-19(25)16-8-3-4-9-17(16)22-30(28,29)15-7-5-6-14(12-15)23(26)27/h3-9,12-13,22H,10-11H2,1-2H3,(H,20,25)(H,21,24). The van der Waals surface area contributed by atoms with Crippen LogP contribution in [0.3, 0.4) is 0 Å². The van der Waals surface area contributed by atoms with Gasteiger partial charge in [-0.2, -0.15) is 0 Å². The van der Waals surface area contributed by atoms with Gasteiger partial charge in [-0.25, -0.2) is 8.42 Å². The maximum absolute atomic E-state index is 12.6. The molecule has 0 radical (unpaired) electrons. The van der Waals surface area contributed by atoms with Crippen LogP contribution in [0, 0.1) is 10.1 Å². The Morgan fingerprint density at radius 1 is 1.10 bits per heavy atom. The van der Waals surface area contributed by atoms with Gasteiger partial charge in [0.25, 0.3) is 21.6 Å². The molecule has 0 heterocycles. The first-order chi connectivity index (χ1) is 14.1. The molecule has 10 nitrogen and oxygen atoms in total. The highest BCUT2D eigenvalue weighted by Gasteiger charge is 2.20. The summed E-state index contributed by atoms with van der Waals surface area (Å²) >= 11 is 0. The Morgan fingerprint density at radius 3 is 2.47 bits per heavy atom. The van der Waals surface area contributed by atoms with Crippen molar-refractivity contribution in [2.75, 3.05) is 11.3 Å². The van der Waals surface area contributed by atoms with Gasteiger partial charge in [0.15, 0.2) is 0 Å². The zero-order chi connectivity index (χ0) is 22.3. The van der Waals surface area contributed by atoms with Crippen LogP contribution in [0.15, 0.2) is 53.4 Å². The van der Waals surface area contributed by atoms with Gasteiger partial charge in [-0.05, 0) is 32.0 Å². The Bertz CT molecular complexity index is 1050. The SMILES string of the molecule is CC(C)NC(=O)CCNC(=O)c1ccccc1NS(=O)(=O)c1cccc([N+](=O)[O-])c1. The fraction of sp³-hybridized carbons (Fsp3) is 0.263. The quantitative estimate of drug-likeness (QED) is 0.406. The van der Waals surface area contributed by atoms with Crippen molar-refractivity contribution in [2.45, 2.75) is 31.2 Å². The van der Waals surface area contributed by atoms with Gasteiger partial charge < -0.3 is 10.6 Å². The summed E-state index contributed by atoms with van der Waals surface area (Å²) in [4.78, 5) is 34.0. The summed E-state index contributed by atoms with van der Waals surface area (Å²) in [6.45, 7) is 3.71. The molecule has 0 atom stereocenters. The van der Waals surface area contributed by atoms with E-state index in [2.05, 4.69) is 15.4 Å². The van der Waals surface area contributed by atoms with E-state index in [1.165, 1.54) is 36.4 Å². The van der Waals surface area contributed by atoms with Gasteiger partial charge in [-0.3, -0.25) is 24.4 Å². The van der Waals surface area contributed by atoms with Crippen molar-refractivity contribution in [2.24, 2.45) is 0 Å². The highest BCUT2D eigenvalue weighted by atomic mass is 32.2. The van der Waals surface area contributed by atoms with Crippen LogP contribution in [0.25, 0.3) is 0 Å². The third-order valence-corrected chi connectivity index (χ3v) is 5.21. The lowest BCUT2D eigenvalue weighted by Crippen LogP contribution is -2.34. The Kier molecular flexibility index (Phi) is 7.48. The Morgan fingerprint density at radius 2 is 1.80 bits per heavy atom. The molecule has 0 aromatic heterocycles. The predicted molar refractivity (Wildman–Crippen MR) is 111 cm³/mol. The summed E-state index contributed by atoms with van der Waals surface area (Å²) in [5.41, 5.74) is -0.313. The van der Waals surface area contributed by atoms with Crippen molar-refractivity contribution in [3.05, 3.63) is 64.2 Å². The van der Waals surface area contributed by atoms with Crippen LogP contribution in [-0.4, -0.2) is 37.7 Å². The number of nitro benzene ring substituents is 1. The molecular weight excluding hydrogens is 412 g/mol. The second-order valence-electron chi connectivity index (χ2n) is 6.63. The number of non-ortho nitro benzene ring substituents is 1. The molecule has 0 aliphatic carbocycles. The minimum absolute atomic E-state index is 0.00754. The van der Waals surface area contributed by atoms with Gasteiger partial charge in [0, 0.05) is 31.1 Å². The minimum atomic E-state index is -4.17. The molecule has 0 aliphatic rings. The van der Waals surface area contributed by atoms with Crippen LogP contribution in [0.4, 0.5) is 11.4 Å². The summed E-state index contributed by atoms with van der Waals surface area (Å²) in [6.07, 6.45) is 0.0749. The maximum atomic E-state index is 12.6. The number of carbonyl (C=O) groups is 2. The summed E-state index contributed by atoms with van der Waals surface area (Å²) in [7, 11) is -4.17. The van der Waals surface area contributed by atoms with Crippen molar-refractivity contribution < 1.29 is 22.9 Å². The third-order valence-electron chi connectivity index (χ3n) is 3.84. The number of nitro groups is 1. The number of nitrogens with one attached hydrogen (secondary N) is 3. The van der Waals surface area contributed by atoms with Crippen molar-refractivity contribution in [3.63, 3.8) is 0 Å². The van der Waals surface area contributed by atoms with E-state index in [4.69, 9.17) is 0 Å². The minimum Gasteiger partial charge on any atom is -0.354 e. The molecule has 0 aliphatic heterocycles. The molecule has 2 aromatic carbocycles. The van der Waals surface area contributed by atoms with Crippen molar-refractivity contribution in [1.29, 1.82) is 0 Å². The van der Waals surface area contributed by atoms with Crippen LogP contribution in [0.1, 0.15) is 30.6 Å². The average molecular weight is 434 g/mol. The monoisotopic (exact) mass is 434 g/mol. The fourth-order valence-corrected chi connectivity index (χ4v) is 3.64. The van der Waals surface area contributed by atoms with Crippen LogP contribution < -0.4 is 15.4 Å². The van der Waals surface area contributed by atoms with Gasteiger partial charge >= 0.3 is 0 Å². The smallest absolute Gasteiger partial charge is 0.270 e. The number of hydrogen-bond acceptors (Lipinski definition) is 6. The zero-order valence-electron chi connectivity index (χ0n) is 16.4. The van der Waals surface area contributed by atoms with Gasteiger partial charge in [0.1, 0.15) is 0 Å². The molecule has 3 N–H and O–H groups in total. The van der Waals surface area contributed by atoms with Crippen LogP contribution in [0.2, 0.25) is 0 Å². The van der Waals surface area contributed by atoms with Gasteiger partial charge in [-0.1, -0.05) is 18.2 Å². The molecule has 30 heavy (non-hydrogen) atoms. The average Bonchev–Trinajstić information content (AvgIpc) is 2.67. The second kappa shape index (κ2) is 9.83. The highest BCUT2D eigenvalue weighted by Crippen LogP contribution is 2.22. The predicted octanol–water partition coefficient (Wildman–Crippen LogP) is 2.04. The lowest BCUT2D eigenvalue weighted by Gasteiger charge is -2.13. The Labute approximate surface area is 173 Å². The maximum Gasteiger partial charge on any atom is 0.270 e. The third kappa shape index (κ3) is 6.27. The number of para-hydroxylation sites is 1. The molecule has 0 saturated carbocycles. The molecule has 2 rings (SSSR count). The number of anilines is 1. The van der Waals surface area contributed by atoms with Gasteiger partial charge in [0.05, 0.1) is 21.1 Å². The van der Waals surface area contributed by atoms with Crippen molar-refractivity contribution in [1.82, 2.24) is 10.6 Å². The van der Waals surface area contributed by atoms with E-state index in [1.54, 1.807) is 6.07 Å². The number of amides is 2. The topological polar surface area (TPSA) is 148 Å². The largest absolute Gasteiger partial charge is 0.354 e. The highest BCUT2D eigenvalue weighted by molar-refractivity contribution is 7.92. The number of benzene rings is 2. The van der Waals surface area contributed by atoms with Crippen LogP contribution in [0.5, 0.6) is 0 Å². The van der Waals surface area contributed by atoms with E-state index in [9.17, 15) is 28.1 Å². The molecule has 2 amide bonds. The summed E-state index contributed by atoms with van der Waals surface area (Å²) in [6, 6.07) is 10.5. The number of carbonyl (C=O) groups excluding carboxylic acids is 2. The summed E-state index contributed by atoms with van der Waals surface area (Å²) < 4.78 is 27.6. The molecular formula is C19H22N4O6S. The number of nitrogens with zero attached hydrogens (tertiary/aromatic N) is 1. The molecule has 0 saturated heterocycles. The van der Waals surface area contributed by atoms with Gasteiger partial charge in [-0.15, -0.1) is 0 Å². The molecule has 160 valence electrons. The lowest BCUT2D eigenvalue weighted by molar-refractivity contribution is -0.385. The molecule has 0 unspecified atom stereocenters. The number of sulfonamides is 1. The molecule has 0 bridgehead atoms. The second-order valence-corrected chi connectivity index (χ2v) is 8.32. The van der Waals surface area contributed by atoms with Crippen LogP contribution >= 0.6 is 0 Å². The summed E-state index contributed by atoms with van der Waals surface area (Å²) in [5, 5.41) is 16.2. The van der Waals surface area contributed by atoms with E-state index in [0.29, 0.717) is 0 Å². The normalized spacial score (nSPS) is 11.0. The molecule has 2 aromatic rings. The Hall–Kier alpha value is -3.47. The van der Waals surface area contributed by atoms with E-state index in [1.807, 2.05) is 13.8 Å². The first kappa shape index (κ1) is 22.8. The fourth-order valence-electron chi connectivity index (χ4n) is 2.52. The van der Waals surface area contributed by atoms with Crippen LogP contribution in [-0.2, 0) is 14.8 Å². The first-order valence-corrected chi connectivity index (χ1v) is 10.5. The number of rotatable bonds is 9. The molecule has 0 fully saturated rings. The summed E-state index contributed by atoms with van der Waals surface area (Å²) in [5.74, 6) is -0.783. The van der Waals surface area contributed by atoms with Gasteiger partial charge in [0.2, 0.25) is 5.91 Å². The van der Waals surface area contributed by atoms with Crippen molar-refractivity contribution >= 4 is 33.2 Å². The Balaban J connectivity index is 2.14. The number of hydrogen-bond donors (Lipinski definition) is 3. The van der Waals surface area contributed by atoms with E-state index < -0.39 is 20.9 Å². The van der Waals surface area contributed by atoms with E-state index >= 15 is 0 Å². The molecule has 11 heteroatoms. The first-order valence-electron chi connectivity index (χ1n) is 9.04. The zero-order valence-corrected chi connectivity index (χ0v) is 17.2.